The summed E-state index contributed by atoms with van der Waals surface area (Å²) in [4.78, 5) is 27.2. The first-order valence-electron chi connectivity index (χ1n) is 7.54. The number of benzene rings is 1. The van der Waals surface area contributed by atoms with Gasteiger partial charge in [-0.1, -0.05) is 19.1 Å². The summed E-state index contributed by atoms with van der Waals surface area (Å²) < 4.78 is 0. The van der Waals surface area contributed by atoms with Crippen molar-refractivity contribution >= 4 is 16.7 Å². The Bertz CT molecular complexity index is 770. The van der Waals surface area contributed by atoms with E-state index in [-0.39, 0.29) is 17.3 Å². The fourth-order valence-electron chi connectivity index (χ4n) is 2.94. The van der Waals surface area contributed by atoms with Gasteiger partial charge in [0, 0.05) is 22.6 Å². The smallest absolute Gasteiger partial charge is 0.251 e. The number of aryl methyl sites for hydroxylation is 1. The van der Waals surface area contributed by atoms with Gasteiger partial charge < -0.3 is 4.98 Å². The summed E-state index contributed by atoms with van der Waals surface area (Å²) in [6.45, 7) is 1.96. The Hall–Kier alpha value is -2.16. The number of fused-ring (bicyclic) bond motifs is 1. The molecule has 1 heterocycles. The van der Waals surface area contributed by atoms with Gasteiger partial charge in [0.2, 0.25) is 0 Å². The molecule has 1 aromatic heterocycles. The van der Waals surface area contributed by atoms with E-state index in [1.54, 1.807) is 0 Å². The Morgan fingerprint density at radius 1 is 1.29 bits per heavy atom. The summed E-state index contributed by atoms with van der Waals surface area (Å²) >= 11 is 0. The van der Waals surface area contributed by atoms with Gasteiger partial charge in [-0.05, 0) is 55.3 Å². The van der Waals surface area contributed by atoms with Crippen LogP contribution in [-0.2, 0) is 6.42 Å². The highest BCUT2D eigenvalue weighted by atomic mass is 16.1. The van der Waals surface area contributed by atoms with E-state index in [9.17, 15) is 9.59 Å². The van der Waals surface area contributed by atoms with E-state index in [2.05, 4.69) is 17.1 Å². The molecule has 3 nitrogen and oxygen atoms in total. The lowest BCUT2D eigenvalue weighted by Crippen LogP contribution is -2.16. The molecule has 0 bridgehead atoms. The molecule has 1 unspecified atom stereocenters. The summed E-state index contributed by atoms with van der Waals surface area (Å²) in [5, 5.41) is 0.934. The first kappa shape index (κ1) is 13.8. The summed E-state index contributed by atoms with van der Waals surface area (Å²) in [6.07, 6.45) is 7.68. The summed E-state index contributed by atoms with van der Waals surface area (Å²) in [6, 6.07) is 7.46. The van der Waals surface area contributed by atoms with Gasteiger partial charge in [0.05, 0.1) is 0 Å². The highest BCUT2D eigenvalue weighted by Crippen LogP contribution is 2.24. The number of Topliss-reactive ketones (excluding diaryl/α,β-unsaturated/α-hetero) is 1. The average molecular weight is 281 g/mol. The molecule has 1 atom stereocenters. The molecule has 0 saturated heterocycles. The van der Waals surface area contributed by atoms with Crippen LogP contribution in [0.5, 0.6) is 0 Å². The van der Waals surface area contributed by atoms with Gasteiger partial charge in [-0.15, -0.1) is 0 Å². The van der Waals surface area contributed by atoms with Crippen LogP contribution in [0.15, 0.2) is 41.2 Å². The minimum atomic E-state index is -0.0403. The van der Waals surface area contributed by atoms with Crippen LogP contribution in [0.25, 0.3) is 10.9 Å². The average Bonchev–Trinajstić information content (AvgIpc) is 2.54. The molecule has 0 radical (unpaired) electrons. The molecular formula is C18H19NO2. The zero-order valence-electron chi connectivity index (χ0n) is 12.2. The third kappa shape index (κ3) is 2.68. The SMILES string of the molecule is CCc1cc2cc(C(=O)C3CC=CCC3)ccc2[nH]c1=O. The lowest BCUT2D eigenvalue weighted by Gasteiger charge is -2.16. The van der Waals surface area contributed by atoms with Crippen LogP contribution < -0.4 is 5.56 Å². The molecule has 1 aromatic carbocycles. The molecule has 21 heavy (non-hydrogen) atoms. The number of carbonyl (C=O) groups excluding carboxylic acids is 1. The molecule has 0 aliphatic heterocycles. The maximum Gasteiger partial charge on any atom is 0.251 e. The van der Waals surface area contributed by atoms with Crippen molar-refractivity contribution in [1.29, 1.82) is 0 Å². The van der Waals surface area contributed by atoms with Crippen molar-refractivity contribution in [2.45, 2.75) is 32.6 Å². The predicted molar refractivity (Wildman–Crippen MR) is 84.8 cm³/mol. The van der Waals surface area contributed by atoms with Gasteiger partial charge in [0.1, 0.15) is 0 Å². The first-order valence-corrected chi connectivity index (χ1v) is 7.54. The van der Waals surface area contributed by atoms with Crippen molar-refractivity contribution in [2.75, 3.05) is 0 Å². The number of ketones is 1. The predicted octanol–water partition coefficient (Wildman–Crippen LogP) is 3.63. The Morgan fingerprint density at radius 2 is 2.14 bits per heavy atom. The van der Waals surface area contributed by atoms with E-state index in [0.29, 0.717) is 6.42 Å². The van der Waals surface area contributed by atoms with E-state index < -0.39 is 0 Å². The van der Waals surface area contributed by atoms with Crippen molar-refractivity contribution < 1.29 is 4.79 Å². The van der Waals surface area contributed by atoms with Crippen LogP contribution in [-0.4, -0.2) is 10.8 Å². The van der Waals surface area contributed by atoms with Crippen molar-refractivity contribution in [3.05, 3.63) is 57.9 Å². The van der Waals surface area contributed by atoms with Crippen molar-refractivity contribution in [1.82, 2.24) is 4.98 Å². The number of H-pyrrole nitrogens is 1. The molecule has 1 aliphatic rings. The van der Waals surface area contributed by atoms with Gasteiger partial charge in [0.15, 0.2) is 5.78 Å². The summed E-state index contributed by atoms with van der Waals surface area (Å²) in [7, 11) is 0. The topological polar surface area (TPSA) is 49.9 Å². The fraction of sp³-hybridized carbons (Fsp3) is 0.333. The van der Waals surface area contributed by atoms with Crippen molar-refractivity contribution in [3.63, 3.8) is 0 Å². The van der Waals surface area contributed by atoms with Gasteiger partial charge in [-0.2, -0.15) is 0 Å². The second kappa shape index (κ2) is 5.68. The normalized spacial score (nSPS) is 18.0. The van der Waals surface area contributed by atoms with Crippen LogP contribution in [0.4, 0.5) is 0 Å². The molecule has 3 rings (SSSR count). The number of rotatable bonds is 3. The molecule has 0 saturated carbocycles. The maximum atomic E-state index is 12.6. The van der Waals surface area contributed by atoms with Crippen molar-refractivity contribution in [3.8, 4) is 0 Å². The number of nitrogens with one attached hydrogen (secondary N) is 1. The van der Waals surface area contributed by atoms with E-state index in [4.69, 9.17) is 0 Å². The van der Waals surface area contributed by atoms with Crippen molar-refractivity contribution in [2.24, 2.45) is 5.92 Å². The zero-order chi connectivity index (χ0) is 14.8. The molecular weight excluding hydrogens is 262 g/mol. The lowest BCUT2D eigenvalue weighted by molar-refractivity contribution is 0.0912. The number of allylic oxidation sites excluding steroid dienone is 2. The second-order valence-electron chi connectivity index (χ2n) is 5.62. The quantitative estimate of drug-likeness (QED) is 0.690. The van der Waals surface area contributed by atoms with Gasteiger partial charge in [-0.25, -0.2) is 0 Å². The number of carbonyl (C=O) groups is 1. The highest BCUT2D eigenvalue weighted by molar-refractivity contribution is 6.01. The summed E-state index contributed by atoms with van der Waals surface area (Å²) in [5.74, 6) is 0.311. The molecule has 0 amide bonds. The third-order valence-electron chi connectivity index (χ3n) is 4.23. The standard InChI is InChI=1S/C18H19NO2/c1-2-12-10-15-11-14(8-9-16(15)19-18(12)21)17(20)13-6-4-3-5-7-13/h3-4,8-11,13H,2,5-7H2,1H3,(H,19,21). The van der Waals surface area contributed by atoms with Crippen LogP contribution in [0.1, 0.15) is 42.1 Å². The van der Waals surface area contributed by atoms with Gasteiger partial charge >= 0.3 is 0 Å². The van der Waals surface area contributed by atoms with Gasteiger partial charge in [0.25, 0.3) is 5.56 Å². The molecule has 108 valence electrons. The third-order valence-corrected chi connectivity index (χ3v) is 4.23. The van der Waals surface area contributed by atoms with E-state index in [1.165, 1.54) is 0 Å². The van der Waals surface area contributed by atoms with Crippen LogP contribution in [0, 0.1) is 5.92 Å². The molecule has 1 aliphatic carbocycles. The lowest BCUT2D eigenvalue weighted by atomic mass is 9.87. The fourth-order valence-corrected chi connectivity index (χ4v) is 2.94. The number of hydrogen-bond donors (Lipinski definition) is 1. The monoisotopic (exact) mass is 281 g/mol. The second-order valence-corrected chi connectivity index (χ2v) is 5.62. The van der Waals surface area contributed by atoms with E-state index >= 15 is 0 Å². The maximum absolute atomic E-state index is 12.6. The molecule has 3 heteroatoms. The Kier molecular flexibility index (Phi) is 3.74. The number of pyridine rings is 1. The van der Waals surface area contributed by atoms with Crippen LogP contribution in [0.2, 0.25) is 0 Å². The summed E-state index contributed by atoms with van der Waals surface area (Å²) in [5.41, 5.74) is 2.25. The minimum Gasteiger partial charge on any atom is -0.322 e. The Labute approximate surface area is 123 Å². The molecule has 0 spiro atoms. The molecule has 1 N–H and O–H groups in total. The Morgan fingerprint density at radius 3 is 2.86 bits per heavy atom. The van der Waals surface area contributed by atoms with E-state index in [1.807, 2.05) is 31.2 Å². The first-order chi connectivity index (χ1) is 10.2. The van der Waals surface area contributed by atoms with Gasteiger partial charge in [-0.3, -0.25) is 9.59 Å². The minimum absolute atomic E-state index is 0.0403. The zero-order valence-corrected chi connectivity index (χ0v) is 12.2. The molecule has 2 aromatic rings. The van der Waals surface area contributed by atoms with Crippen LogP contribution >= 0.6 is 0 Å². The largest absolute Gasteiger partial charge is 0.322 e. The molecule has 0 fully saturated rings. The van der Waals surface area contributed by atoms with Crippen LogP contribution in [0.3, 0.4) is 0 Å². The highest BCUT2D eigenvalue weighted by Gasteiger charge is 2.20. The Balaban J connectivity index is 2.00. The number of hydrogen-bond acceptors (Lipinski definition) is 2. The van der Waals surface area contributed by atoms with E-state index in [0.717, 1.165) is 41.3 Å². The number of aromatic nitrogens is 1. The number of aromatic amines is 1.